The smallest absolute Gasteiger partial charge is 0.139 e. The molecule has 1 aromatic rings. The Hall–Kier alpha value is -0.610. The number of aromatic hydroxyl groups is 1. The third kappa shape index (κ3) is 1.91. The van der Waals surface area contributed by atoms with Crippen LogP contribution in [0.4, 0.5) is 0 Å². The summed E-state index contributed by atoms with van der Waals surface area (Å²) < 4.78 is 0.603. The van der Waals surface area contributed by atoms with E-state index >= 15 is 0 Å². The average molecular weight is 218 g/mol. The lowest BCUT2D eigenvalue weighted by molar-refractivity contribution is 0.189. The van der Waals surface area contributed by atoms with E-state index in [9.17, 15) is 0 Å². The first-order valence-corrected chi connectivity index (χ1v) is 3.94. The van der Waals surface area contributed by atoms with Crippen LogP contribution in [-0.2, 0) is 0 Å². The van der Waals surface area contributed by atoms with E-state index in [0.29, 0.717) is 10.3 Å². The molecule has 1 unspecified atom stereocenters. The van der Waals surface area contributed by atoms with E-state index in [4.69, 9.17) is 10.2 Å². The summed E-state index contributed by atoms with van der Waals surface area (Å²) in [5, 5.41) is 18.2. The van der Waals surface area contributed by atoms with Crippen LogP contribution in [0.2, 0.25) is 0 Å². The molecule has 4 heteroatoms. The Kier molecular flexibility index (Phi) is 2.46. The van der Waals surface area contributed by atoms with E-state index in [2.05, 4.69) is 20.9 Å². The second kappa shape index (κ2) is 3.19. The van der Waals surface area contributed by atoms with Gasteiger partial charge in [-0.15, -0.1) is 0 Å². The number of aliphatic hydroxyl groups excluding tert-OH is 1. The summed E-state index contributed by atoms with van der Waals surface area (Å²) in [7, 11) is 0. The summed E-state index contributed by atoms with van der Waals surface area (Å²) in [5.74, 6) is 0.0169. The van der Waals surface area contributed by atoms with Gasteiger partial charge >= 0.3 is 0 Å². The van der Waals surface area contributed by atoms with Crippen molar-refractivity contribution < 1.29 is 10.2 Å². The number of aromatic nitrogens is 1. The minimum Gasteiger partial charge on any atom is -0.506 e. The SMILES string of the molecule is CC(O)c1nc(Br)ccc1O. The number of rotatable bonds is 1. The zero-order valence-electron chi connectivity index (χ0n) is 5.95. The van der Waals surface area contributed by atoms with Crippen molar-refractivity contribution in [1.82, 2.24) is 4.98 Å². The molecule has 11 heavy (non-hydrogen) atoms. The van der Waals surface area contributed by atoms with Crippen molar-refractivity contribution >= 4 is 15.9 Å². The molecule has 0 aromatic carbocycles. The summed E-state index contributed by atoms with van der Waals surface area (Å²) >= 11 is 3.13. The number of nitrogens with zero attached hydrogens (tertiary/aromatic N) is 1. The molecule has 0 saturated carbocycles. The van der Waals surface area contributed by atoms with Gasteiger partial charge in [-0.3, -0.25) is 0 Å². The fourth-order valence-electron chi connectivity index (χ4n) is 0.750. The Morgan fingerprint density at radius 1 is 1.55 bits per heavy atom. The van der Waals surface area contributed by atoms with E-state index in [1.807, 2.05) is 0 Å². The van der Waals surface area contributed by atoms with Crippen LogP contribution in [0.5, 0.6) is 5.75 Å². The zero-order chi connectivity index (χ0) is 8.43. The maximum absolute atomic E-state index is 9.16. The number of halogens is 1. The Bertz CT molecular complexity index is 263. The third-order valence-electron chi connectivity index (χ3n) is 1.26. The largest absolute Gasteiger partial charge is 0.506 e. The van der Waals surface area contributed by atoms with Gasteiger partial charge in [0.1, 0.15) is 16.0 Å². The van der Waals surface area contributed by atoms with Gasteiger partial charge in [-0.05, 0) is 35.0 Å². The molecule has 1 rings (SSSR count). The Labute approximate surface area is 72.8 Å². The van der Waals surface area contributed by atoms with Crippen LogP contribution in [0.25, 0.3) is 0 Å². The molecule has 1 atom stereocenters. The van der Waals surface area contributed by atoms with Crippen molar-refractivity contribution in [3.63, 3.8) is 0 Å². The standard InChI is InChI=1S/C7H8BrNO2/c1-4(10)7-5(11)2-3-6(8)9-7/h2-4,10-11H,1H3. The van der Waals surface area contributed by atoms with Crippen LogP contribution in [0.15, 0.2) is 16.7 Å². The molecule has 2 N–H and O–H groups in total. The molecular formula is C7H8BrNO2. The van der Waals surface area contributed by atoms with Crippen molar-refractivity contribution in [2.45, 2.75) is 13.0 Å². The fourth-order valence-corrected chi connectivity index (χ4v) is 1.07. The van der Waals surface area contributed by atoms with Gasteiger partial charge in [0, 0.05) is 0 Å². The van der Waals surface area contributed by atoms with Crippen molar-refractivity contribution in [3.05, 3.63) is 22.4 Å². The summed E-state index contributed by atoms with van der Waals surface area (Å²) in [6.07, 6.45) is -0.743. The molecule has 0 aliphatic rings. The van der Waals surface area contributed by atoms with Crippen LogP contribution in [-0.4, -0.2) is 15.2 Å². The van der Waals surface area contributed by atoms with Crippen molar-refractivity contribution in [2.75, 3.05) is 0 Å². The quantitative estimate of drug-likeness (QED) is 0.704. The van der Waals surface area contributed by atoms with E-state index < -0.39 is 6.10 Å². The number of hydrogen-bond donors (Lipinski definition) is 2. The molecular weight excluding hydrogens is 210 g/mol. The summed E-state index contributed by atoms with van der Waals surface area (Å²) in [4.78, 5) is 3.89. The van der Waals surface area contributed by atoms with Gasteiger partial charge in [0.25, 0.3) is 0 Å². The van der Waals surface area contributed by atoms with E-state index in [1.54, 1.807) is 13.0 Å². The lowest BCUT2D eigenvalue weighted by Crippen LogP contribution is -1.95. The Morgan fingerprint density at radius 3 is 2.64 bits per heavy atom. The van der Waals surface area contributed by atoms with Crippen molar-refractivity contribution in [2.24, 2.45) is 0 Å². The fraction of sp³-hybridized carbons (Fsp3) is 0.286. The molecule has 0 bridgehead atoms. The molecule has 0 amide bonds. The molecule has 0 spiro atoms. The summed E-state index contributed by atoms with van der Waals surface area (Å²) in [6, 6.07) is 3.10. The van der Waals surface area contributed by atoms with Gasteiger partial charge in [-0.25, -0.2) is 4.98 Å². The van der Waals surface area contributed by atoms with Crippen LogP contribution < -0.4 is 0 Å². The van der Waals surface area contributed by atoms with Gasteiger partial charge in [0.05, 0.1) is 6.10 Å². The van der Waals surface area contributed by atoms with Gasteiger partial charge in [-0.1, -0.05) is 0 Å². The summed E-state index contributed by atoms with van der Waals surface area (Å²) in [5.41, 5.74) is 0.291. The minimum absolute atomic E-state index is 0.0169. The van der Waals surface area contributed by atoms with E-state index in [1.165, 1.54) is 6.07 Å². The first kappa shape index (κ1) is 8.49. The van der Waals surface area contributed by atoms with E-state index in [0.717, 1.165) is 0 Å². The van der Waals surface area contributed by atoms with Crippen LogP contribution in [0.1, 0.15) is 18.7 Å². The van der Waals surface area contributed by atoms with E-state index in [-0.39, 0.29) is 5.75 Å². The van der Waals surface area contributed by atoms with Crippen LogP contribution >= 0.6 is 15.9 Å². The predicted molar refractivity (Wildman–Crippen MR) is 44.2 cm³/mol. The van der Waals surface area contributed by atoms with Gasteiger partial charge in [-0.2, -0.15) is 0 Å². The van der Waals surface area contributed by atoms with Gasteiger partial charge in [0.2, 0.25) is 0 Å². The predicted octanol–water partition coefficient (Wildman–Crippen LogP) is 1.60. The normalized spacial score (nSPS) is 13.0. The monoisotopic (exact) mass is 217 g/mol. The highest BCUT2D eigenvalue weighted by Gasteiger charge is 2.08. The highest BCUT2D eigenvalue weighted by Crippen LogP contribution is 2.23. The minimum atomic E-state index is -0.743. The second-order valence-corrected chi connectivity index (χ2v) is 3.03. The molecule has 0 saturated heterocycles. The summed E-state index contributed by atoms with van der Waals surface area (Å²) in [6.45, 7) is 1.55. The average Bonchev–Trinajstić information content (AvgIpc) is 1.94. The highest BCUT2D eigenvalue weighted by molar-refractivity contribution is 9.10. The van der Waals surface area contributed by atoms with Gasteiger partial charge < -0.3 is 10.2 Å². The first-order chi connectivity index (χ1) is 5.11. The van der Waals surface area contributed by atoms with Crippen molar-refractivity contribution in [3.8, 4) is 5.75 Å². The molecule has 0 radical (unpaired) electrons. The molecule has 0 fully saturated rings. The lowest BCUT2D eigenvalue weighted by atomic mass is 10.2. The first-order valence-electron chi connectivity index (χ1n) is 3.14. The molecule has 1 aromatic heterocycles. The highest BCUT2D eigenvalue weighted by atomic mass is 79.9. The van der Waals surface area contributed by atoms with Crippen molar-refractivity contribution in [1.29, 1.82) is 0 Å². The van der Waals surface area contributed by atoms with Gasteiger partial charge in [0.15, 0.2) is 0 Å². The lowest BCUT2D eigenvalue weighted by Gasteiger charge is -2.05. The molecule has 0 aliphatic heterocycles. The Morgan fingerprint density at radius 2 is 2.18 bits per heavy atom. The molecule has 3 nitrogen and oxygen atoms in total. The zero-order valence-corrected chi connectivity index (χ0v) is 7.54. The van der Waals surface area contributed by atoms with Crippen LogP contribution in [0, 0.1) is 0 Å². The molecule has 1 heterocycles. The number of aliphatic hydroxyl groups is 1. The maximum Gasteiger partial charge on any atom is 0.139 e. The molecule has 0 aliphatic carbocycles. The topological polar surface area (TPSA) is 53.4 Å². The Balaban J connectivity index is 3.13. The third-order valence-corrected chi connectivity index (χ3v) is 1.71. The van der Waals surface area contributed by atoms with Crippen LogP contribution in [0.3, 0.4) is 0 Å². The number of pyridine rings is 1. The molecule has 60 valence electrons. The number of hydrogen-bond acceptors (Lipinski definition) is 3. The maximum atomic E-state index is 9.16. The second-order valence-electron chi connectivity index (χ2n) is 2.21.